The van der Waals surface area contributed by atoms with E-state index in [0.717, 1.165) is 11.6 Å². The molecular weight excluding hydrogens is 376 g/mol. The fourth-order valence-electron chi connectivity index (χ4n) is 2.71. The Labute approximate surface area is 169 Å². The van der Waals surface area contributed by atoms with E-state index in [1.54, 1.807) is 4.90 Å². The van der Waals surface area contributed by atoms with E-state index in [-0.39, 0.29) is 22.9 Å². The van der Waals surface area contributed by atoms with Gasteiger partial charge in [0.05, 0.1) is 17.6 Å². The lowest BCUT2D eigenvalue weighted by atomic mass is 10.0. The quantitative estimate of drug-likeness (QED) is 0.400. The molecule has 2 aromatic rings. The number of esters is 1. The Kier molecular flexibility index (Phi) is 6.93. The van der Waals surface area contributed by atoms with E-state index in [4.69, 9.17) is 9.47 Å². The molecule has 2 aromatic carbocycles. The second kappa shape index (κ2) is 9.18. The number of methoxy groups -OCH3 is 1. The lowest BCUT2D eigenvalue weighted by Crippen LogP contribution is -2.46. The summed E-state index contributed by atoms with van der Waals surface area (Å²) in [6, 6.07) is 13.2. The summed E-state index contributed by atoms with van der Waals surface area (Å²) in [5, 5.41) is 11.1. The number of carbonyl (C=O) groups is 2. The van der Waals surface area contributed by atoms with E-state index in [0.29, 0.717) is 6.54 Å². The van der Waals surface area contributed by atoms with Crippen LogP contribution in [0.5, 0.6) is 5.75 Å². The molecule has 0 aliphatic rings. The summed E-state index contributed by atoms with van der Waals surface area (Å²) < 4.78 is 10.0. The minimum atomic E-state index is -0.822. The number of hydrogen-bond acceptors (Lipinski definition) is 6. The van der Waals surface area contributed by atoms with E-state index in [1.807, 2.05) is 51.1 Å². The number of benzene rings is 2. The number of carbonyl (C=O) groups excluding carboxylic acids is 2. The van der Waals surface area contributed by atoms with Crippen molar-refractivity contribution in [1.29, 1.82) is 0 Å². The van der Waals surface area contributed by atoms with Crippen molar-refractivity contribution in [2.45, 2.75) is 32.9 Å². The van der Waals surface area contributed by atoms with Gasteiger partial charge in [0.1, 0.15) is 0 Å². The third-order valence-electron chi connectivity index (χ3n) is 4.23. The van der Waals surface area contributed by atoms with E-state index in [1.165, 1.54) is 19.2 Å². The predicted molar refractivity (Wildman–Crippen MR) is 107 cm³/mol. The smallest absolute Gasteiger partial charge is 0.338 e. The van der Waals surface area contributed by atoms with Crippen LogP contribution in [0.25, 0.3) is 0 Å². The van der Waals surface area contributed by atoms with Gasteiger partial charge in [-0.05, 0) is 38.5 Å². The number of rotatable bonds is 7. The fourth-order valence-corrected chi connectivity index (χ4v) is 2.71. The van der Waals surface area contributed by atoms with Gasteiger partial charge in [-0.15, -0.1) is 0 Å². The summed E-state index contributed by atoms with van der Waals surface area (Å²) >= 11 is 0. The summed E-state index contributed by atoms with van der Waals surface area (Å²) in [6.07, 6.45) is 0. The van der Waals surface area contributed by atoms with Crippen LogP contribution in [0, 0.1) is 10.1 Å². The molecule has 1 amide bonds. The first-order valence-electron chi connectivity index (χ1n) is 8.97. The van der Waals surface area contributed by atoms with Gasteiger partial charge in [0.25, 0.3) is 5.91 Å². The molecule has 29 heavy (non-hydrogen) atoms. The molecule has 0 radical (unpaired) electrons. The zero-order valence-electron chi connectivity index (χ0n) is 16.9. The summed E-state index contributed by atoms with van der Waals surface area (Å²) in [6.45, 7) is 5.57. The summed E-state index contributed by atoms with van der Waals surface area (Å²) in [5.41, 5.74) is 0.0790. The van der Waals surface area contributed by atoms with Crippen molar-refractivity contribution in [2.75, 3.05) is 13.7 Å². The Hall–Kier alpha value is -3.42. The van der Waals surface area contributed by atoms with E-state index in [2.05, 4.69) is 0 Å². The van der Waals surface area contributed by atoms with Crippen molar-refractivity contribution in [3.8, 4) is 5.75 Å². The maximum atomic E-state index is 12.7. The summed E-state index contributed by atoms with van der Waals surface area (Å²) in [5.74, 6) is -1.15. The Bertz CT molecular complexity index is 890. The molecule has 0 bridgehead atoms. The molecule has 0 spiro atoms. The Morgan fingerprint density at radius 2 is 1.76 bits per heavy atom. The van der Waals surface area contributed by atoms with Gasteiger partial charge in [0.15, 0.2) is 12.4 Å². The van der Waals surface area contributed by atoms with Crippen LogP contribution in [0.3, 0.4) is 0 Å². The number of amides is 1. The average Bonchev–Trinajstić information content (AvgIpc) is 2.69. The Morgan fingerprint density at radius 1 is 1.10 bits per heavy atom. The van der Waals surface area contributed by atoms with Gasteiger partial charge in [-0.2, -0.15) is 0 Å². The van der Waals surface area contributed by atoms with Crippen LogP contribution in [-0.2, 0) is 16.1 Å². The second-order valence-corrected chi connectivity index (χ2v) is 7.36. The predicted octanol–water partition coefficient (Wildman–Crippen LogP) is 3.59. The van der Waals surface area contributed by atoms with Crippen LogP contribution < -0.4 is 4.74 Å². The molecule has 0 aliphatic heterocycles. The topological polar surface area (TPSA) is 99.0 Å². The Balaban J connectivity index is 2.10. The third-order valence-corrected chi connectivity index (χ3v) is 4.23. The molecule has 0 saturated carbocycles. The second-order valence-electron chi connectivity index (χ2n) is 7.36. The third kappa shape index (κ3) is 5.78. The molecular formula is C21H24N2O6. The molecule has 0 saturated heterocycles. The van der Waals surface area contributed by atoms with Gasteiger partial charge in [-0.25, -0.2) is 4.79 Å². The molecule has 0 heterocycles. The molecule has 0 aliphatic carbocycles. The van der Waals surface area contributed by atoms with Crippen molar-refractivity contribution < 1.29 is 24.0 Å². The normalized spacial score (nSPS) is 10.9. The van der Waals surface area contributed by atoms with Gasteiger partial charge < -0.3 is 14.4 Å². The SMILES string of the molecule is COc1ccc(C(=O)OCC(=O)N(Cc2ccccc2)C(C)(C)C)cc1[N+](=O)[O-]. The fraction of sp³-hybridized carbons (Fsp3) is 0.333. The highest BCUT2D eigenvalue weighted by Crippen LogP contribution is 2.27. The average molecular weight is 400 g/mol. The molecule has 0 unspecified atom stereocenters. The first kappa shape index (κ1) is 21.9. The van der Waals surface area contributed by atoms with Gasteiger partial charge >= 0.3 is 11.7 Å². The van der Waals surface area contributed by atoms with Crippen molar-refractivity contribution in [3.05, 3.63) is 69.8 Å². The summed E-state index contributed by atoms with van der Waals surface area (Å²) in [7, 11) is 1.30. The maximum Gasteiger partial charge on any atom is 0.338 e. The Morgan fingerprint density at radius 3 is 2.31 bits per heavy atom. The van der Waals surface area contributed by atoms with Gasteiger partial charge in [-0.1, -0.05) is 30.3 Å². The number of nitrogens with zero attached hydrogens (tertiary/aromatic N) is 2. The molecule has 0 atom stereocenters. The first-order valence-corrected chi connectivity index (χ1v) is 8.97. The first-order chi connectivity index (χ1) is 13.6. The number of hydrogen-bond donors (Lipinski definition) is 0. The highest BCUT2D eigenvalue weighted by molar-refractivity contribution is 5.92. The van der Waals surface area contributed by atoms with Gasteiger partial charge in [-0.3, -0.25) is 14.9 Å². The van der Waals surface area contributed by atoms with Gasteiger partial charge in [0.2, 0.25) is 0 Å². The lowest BCUT2D eigenvalue weighted by molar-refractivity contribution is -0.385. The minimum Gasteiger partial charge on any atom is -0.490 e. The number of ether oxygens (including phenoxy) is 2. The van der Waals surface area contributed by atoms with E-state index < -0.39 is 23.0 Å². The maximum absolute atomic E-state index is 12.7. The van der Waals surface area contributed by atoms with E-state index >= 15 is 0 Å². The standard InChI is InChI=1S/C21H24N2O6/c1-21(2,3)22(13-15-8-6-5-7-9-15)19(24)14-29-20(25)16-10-11-18(28-4)17(12-16)23(26)27/h5-12H,13-14H2,1-4H3. The molecule has 154 valence electrons. The van der Waals surface area contributed by atoms with Crippen LogP contribution in [0.4, 0.5) is 5.69 Å². The van der Waals surface area contributed by atoms with Crippen LogP contribution in [0.2, 0.25) is 0 Å². The van der Waals surface area contributed by atoms with E-state index in [9.17, 15) is 19.7 Å². The molecule has 8 nitrogen and oxygen atoms in total. The zero-order chi connectivity index (χ0) is 21.6. The van der Waals surface area contributed by atoms with Crippen LogP contribution in [0.15, 0.2) is 48.5 Å². The molecule has 0 fully saturated rings. The minimum absolute atomic E-state index is 0.0318. The highest BCUT2D eigenvalue weighted by Gasteiger charge is 2.28. The largest absolute Gasteiger partial charge is 0.490 e. The molecule has 2 rings (SSSR count). The van der Waals surface area contributed by atoms with Crippen LogP contribution in [0.1, 0.15) is 36.7 Å². The zero-order valence-corrected chi connectivity index (χ0v) is 16.9. The molecule has 0 aromatic heterocycles. The van der Waals surface area contributed by atoms with Crippen molar-refractivity contribution >= 4 is 17.6 Å². The van der Waals surface area contributed by atoms with Gasteiger partial charge in [0, 0.05) is 18.2 Å². The van der Waals surface area contributed by atoms with Crippen molar-refractivity contribution in [2.24, 2.45) is 0 Å². The van der Waals surface area contributed by atoms with Crippen molar-refractivity contribution in [1.82, 2.24) is 4.90 Å². The van der Waals surface area contributed by atoms with Crippen LogP contribution >= 0.6 is 0 Å². The highest BCUT2D eigenvalue weighted by atomic mass is 16.6. The van der Waals surface area contributed by atoms with Crippen LogP contribution in [-0.4, -0.2) is 41.0 Å². The van der Waals surface area contributed by atoms with Crippen molar-refractivity contribution in [3.63, 3.8) is 0 Å². The monoisotopic (exact) mass is 400 g/mol. The molecule has 0 N–H and O–H groups in total. The summed E-state index contributed by atoms with van der Waals surface area (Å²) in [4.78, 5) is 37.1. The molecule has 8 heteroatoms. The number of nitro groups is 1. The lowest BCUT2D eigenvalue weighted by Gasteiger charge is -2.35. The number of nitro benzene ring substituents is 1.